The van der Waals surface area contributed by atoms with Crippen LogP contribution in [0.3, 0.4) is 0 Å². The zero-order chi connectivity index (χ0) is 19.3. The van der Waals surface area contributed by atoms with E-state index in [1.807, 2.05) is 30.3 Å². The minimum Gasteiger partial charge on any atom is -0.350 e. The van der Waals surface area contributed by atoms with Crippen LogP contribution >= 0.6 is 0 Å². The van der Waals surface area contributed by atoms with Crippen LogP contribution in [0, 0.1) is 0 Å². The average Bonchev–Trinajstić information content (AvgIpc) is 3.41. The largest absolute Gasteiger partial charge is 0.350 e. The zero-order valence-corrected chi connectivity index (χ0v) is 16.1. The summed E-state index contributed by atoms with van der Waals surface area (Å²) in [6.45, 7) is 3.51. The van der Waals surface area contributed by atoms with Crippen molar-refractivity contribution in [1.82, 2.24) is 10.2 Å². The summed E-state index contributed by atoms with van der Waals surface area (Å²) in [6, 6.07) is 18.0. The van der Waals surface area contributed by atoms with Crippen LogP contribution < -0.4 is 10.2 Å². The minimum absolute atomic E-state index is 0.0700. The molecule has 2 saturated heterocycles. The molecule has 2 amide bonds. The van der Waals surface area contributed by atoms with Gasteiger partial charge in [-0.2, -0.15) is 0 Å². The number of amides is 2. The Labute approximate surface area is 166 Å². The Morgan fingerprint density at radius 2 is 1.64 bits per heavy atom. The van der Waals surface area contributed by atoms with Crippen molar-refractivity contribution in [3.63, 3.8) is 0 Å². The predicted molar refractivity (Wildman–Crippen MR) is 110 cm³/mol. The van der Waals surface area contributed by atoms with Crippen molar-refractivity contribution >= 4 is 17.5 Å². The van der Waals surface area contributed by atoms with Crippen molar-refractivity contribution in [1.29, 1.82) is 0 Å². The molecule has 1 unspecified atom stereocenters. The molecule has 1 N–H and O–H groups in total. The van der Waals surface area contributed by atoms with Gasteiger partial charge < -0.3 is 10.2 Å². The summed E-state index contributed by atoms with van der Waals surface area (Å²) < 4.78 is 0. The van der Waals surface area contributed by atoms with Crippen LogP contribution in [-0.2, 0) is 4.79 Å². The number of anilines is 1. The minimum atomic E-state index is -0.0700. The average molecular weight is 377 g/mol. The van der Waals surface area contributed by atoms with Crippen molar-refractivity contribution in [2.75, 3.05) is 31.1 Å². The van der Waals surface area contributed by atoms with E-state index in [0.29, 0.717) is 18.5 Å². The Bertz CT molecular complexity index is 814. The van der Waals surface area contributed by atoms with Crippen LogP contribution in [0.2, 0.25) is 0 Å². The highest BCUT2D eigenvalue weighted by Crippen LogP contribution is 2.25. The fraction of sp³-hybridized carbons (Fsp3) is 0.391. The van der Waals surface area contributed by atoms with Gasteiger partial charge in [-0.15, -0.1) is 0 Å². The zero-order valence-electron chi connectivity index (χ0n) is 16.1. The maximum atomic E-state index is 12.7. The number of rotatable bonds is 6. The van der Waals surface area contributed by atoms with Crippen LogP contribution in [0.1, 0.15) is 47.6 Å². The first-order valence-corrected chi connectivity index (χ1v) is 10.2. The van der Waals surface area contributed by atoms with Crippen LogP contribution in [0.25, 0.3) is 0 Å². The van der Waals surface area contributed by atoms with Gasteiger partial charge in [-0.05, 0) is 62.2 Å². The lowest BCUT2D eigenvalue weighted by atomic mass is 10.1. The highest BCUT2D eigenvalue weighted by molar-refractivity contribution is 5.97. The summed E-state index contributed by atoms with van der Waals surface area (Å²) >= 11 is 0. The maximum Gasteiger partial charge on any atom is 0.251 e. The van der Waals surface area contributed by atoms with Crippen molar-refractivity contribution in [3.8, 4) is 0 Å². The summed E-state index contributed by atoms with van der Waals surface area (Å²) in [5.41, 5.74) is 2.74. The highest BCUT2D eigenvalue weighted by Gasteiger charge is 2.24. The van der Waals surface area contributed by atoms with Crippen LogP contribution in [-0.4, -0.2) is 42.9 Å². The van der Waals surface area contributed by atoms with E-state index in [4.69, 9.17) is 0 Å². The molecule has 0 saturated carbocycles. The molecule has 0 aliphatic carbocycles. The van der Waals surface area contributed by atoms with E-state index in [-0.39, 0.29) is 17.9 Å². The number of likely N-dealkylation sites (tertiary alicyclic amines) is 1. The van der Waals surface area contributed by atoms with Gasteiger partial charge in [0.15, 0.2) is 0 Å². The second-order valence-corrected chi connectivity index (χ2v) is 7.58. The molecule has 2 aliphatic heterocycles. The molecule has 5 heteroatoms. The molecule has 0 bridgehead atoms. The molecule has 5 nitrogen and oxygen atoms in total. The Balaban J connectivity index is 1.41. The standard InChI is InChI=1S/C23H27N3O2/c27-22-9-6-16-26(22)20-12-10-19(11-13-20)23(28)24-17-21(25-14-4-5-15-25)18-7-2-1-3-8-18/h1-3,7-8,10-13,21H,4-6,9,14-17H2,(H,24,28). The molecule has 2 aliphatic rings. The molecule has 2 aromatic carbocycles. The molecule has 2 fully saturated rings. The molecule has 0 aromatic heterocycles. The molecular formula is C23H27N3O2. The van der Waals surface area contributed by atoms with E-state index in [1.54, 1.807) is 4.90 Å². The third-order valence-corrected chi connectivity index (χ3v) is 5.74. The van der Waals surface area contributed by atoms with Gasteiger partial charge in [-0.25, -0.2) is 0 Å². The quantitative estimate of drug-likeness (QED) is 0.840. The summed E-state index contributed by atoms with van der Waals surface area (Å²) in [7, 11) is 0. The fourth-order valence-corrected chi connectivity index (χ4v) is 4.19. The molecule has 146 valence electrons. The van der Waals surface area contributed by atoms with E-state index < -0.39 is 0 Å². The molecule has 0 radical (unpaired) electrons. The maximum absolute atomic E-state index is 12.7. The van der Waals surface area contributed by atoms with Gasteiger partial charge in [0, 0.05) is 30.8 Å². The lowest BCUT2D eigenvalue weighted by molar-refractivity contribution is -0.117. The predicted octanol–water partition coefficient (Wildman–Crippen LogP) is 3.38. The highest BCUT2D eigenvalue weighted by atomic mass is 16.2. The van der Waals surface area contributed by atoms with Crippen molar-refractivity contribution in [2.24, 2.45) is 0 Å². The Morgan fingerprint density at radius 1 is 0.929 bits per heavy atom. The number of carbonyl (C=O) groups excluding carboxylic acids is 2. The van der Waals surface area contributed by atoms with E-state index in [0.717, 1.165) is 31.7 Å². The van der Waals surface area contributed by atoms with Gasteiger partial charge in [0.1, 0.15) is 0 Å². The molecule has 28 heavy (non-hydrogen) atoms. The first kappa shape index (κ1) is 18.7. The number of nitrogens with one attached hydrogen (secondary N) is 1. The summed E-state index contributed by atoms with van der Waals surface area (Å²) in [5.74, 6) is 0.0907. The number of hydrogen-bond donors (Lipinski definition) is 1. The second kappa shape index (κ2) is 8.57. The van der Waals surface area contributed by atoms with Crippen molar-refractivity contribution in [2.45, 2.75) is 31.7 Å². The third-order valence-electron chi connectivity index (χ3n) is 5.74. The van der Waals surface area contributed by atoms with Gasteiger partial charge >= 0.3 is 0 Å². The molecule has 2 heterocycles. The van der Waals surface area contributed by atoms with E-state index in [1.165, 1.54) is 18.4 Å². The molecule has 1 atom stereocenters. The van der Waals surface area contributed by atoms with Gasteiger partial charge in [-0.1, -0.05) is 30.3 Å². The third kappa shape index (κ3) is 4.09. The lowest BCUT2D eigenvalue weighted by Gasteiger charge is -2.28. The van der Waals surface area contributed by atoms with Crippen molar-refractivity contribution < 1.29 is 9.59 Å². The summed E-state index contributed by atoms with van der Waals surface area (Å²) in [5, 5.41) is 3.11. The van der Waals surface area contributed by atoms with Gasteiger partial charge in [-0.3, -0.25) is 14.5 Å². The van der Waals surface area contributed by atoms with Crippen molar-refractivity contribution in [3.05, 3.63) is 65.7 Å². The lowest BCUT2D eigenvalue weighted by Crippen LogP contribution is -2.36. The SMILES string of the molecule is O=C(NCC(c1ccccc1)N1CCCC1)c1ccc(N2CCCC2=O)cc1. The van der Waals surface area contributed by atoms with E-state index >= 15 is 0 Å². The van der Waals surface area contributed by atoms with Gasteiger partial charge in [0.05, 0.1) is 6.04 Å². The molecule has 2 aromatic rings. The van der Waals surface area contributed by atoms with E-state index in [9.17, 15) is 9.59 Å². The number of hydrogen-bond acceptors (Lipinski definition) is 3. The number of nitrogens with zero attached hydrogens (tertiary/aromatic N) is 2. The number of benzene rings is 2. The normalized spacial score (nSPS) is 18.4. The van der Waals surface area contributed by atoms with Gasteiger partial charge in [0.25, 0.3) is 5.91 Å². The monoisotopic (exact) mass is 377 g/mol. The Kier molecular flexibility index (Phi) is 5.72. The molecular weight excluding hydrogens is 350 g/mol. The Morgan fingerprint density at radius 3 is 2.29 bits per heavy atom. The Hall–Kier alpha value is -2.66. The van der Waals surface area contributed by atoms with Crippen LogP contribution in [0.4, 0.5) is 5.69 Å². The van der Waals surface area contributed by atoms with Crippen LogP contribution in [0.5, 0.6) is 0 Å². The smallest absolute Gasteiger partial charge is 0.251 e. The topological polar surface area (TPSA) is 52.7 Å². The fourth-order valence-electron chi connectivity index (χ4n) is 4.19. The second-order valence-electron chi connectivity index (χ2n) is 7.58. The molecule has 4 rings (SSSR count). The van der Waals surface area contributed by atoms with E-state index in [2.05, 4.69) is 34.5 Å². The summed E-state index contributed by atoms with van der Waals surface area (Å²) in [4.78, 5) is 28.8. The first-order valence-electron chi connectivity index (χ1n) is 10.2. The van der Waals surface area contributed by atoms with Gasteiger partial charge in [0.2, 0.25) is 5.91 Å². The summed E-state index contributed by atoms with van der Waals surface area (Å²) in [6.07, 6.45) is 3.94. The first-order chi connectivity index (χ1) is 13.7. The number of carbonyl (C=O) groups is 2. The van der Waals surface area contributed by atoms with Crippen LogP contribution in [0.15, 0.2) is 54.6 Å². The molecule has 0 spiro atoms.